The lowest BCUT2D eigenvalue weighted by atomic mass is 10.1. The van der Waals surface area contributed by atoms with Gasteiger partial charge >= 0.3 is 0 Å². The standard InChI is InChI=1S/C18H24N2O4/c1-4-22-16-7-6-13(9-17(16)23-5-2)12(3)20-18(21)14-8-15(10-19)24-11-14/h6-9,11-12H,4-5,10,19H2,1-3H3,(H,20,21). The van der Waals surface area contributed by atoms with E-state index in [0.29, 0.717) is 36.0 Å². The Kier molecular flexibility index (Phi) is 6.26. The van der Waals surface area contributed by atoms with Gasteiger partial charge in [-0.3, -0.25) is 4.79 Å². The zero-order chi connectivity index (χ0) is 17.5. The summed E-state index contributed by atoms with van der Waals surface area (Å²) >= 11 is 0. The Morgan fingerprint density at radius 3 is 2.54 bits per heavy atom. The summed E-state index contributed by atoms with van der Waals surface area (Å²) in [5, 5.41) is 2.93. The lowest BCUT2D eigenvalue weighted by Crippen LogP contribution is -2.26. The summed E-state index contributed by atoms with van der Waals surface area (Å²) in [5.41, 5.74) is 6.87. The van der Waals surface area contributed by atoms with Crippen molar-refractivity contribution >= 4 is 5.91 Å². The molecule has 0 bridgehead atoms. The Bertz CT molecular complexity index is 681. The van der Waals surface area contributed by atoms with Gasteiger partial charge in [-0.2, -0.15) is 0 Å². The Labute approximate surface area is 141 Å². The van der Waals surface area contributed by atoms with Crippen LogP contribution in [0.15, 0.2) is 34.9 Å². The van der Waals surface area contributed by atoms with E-state index in [9.17, 15) is 4.79 Å². The van der Waals surface area contributed by atoms with Crippen LogP contribution in [0.25, 0.3) is 0 Å². The number of hydrogen-bond donors (Lipinski definition) is 2. The van der Waals surface area contributed by atoms with Crippen molar-refractivity contribution in [2.24, 2.45) is 5.73 Å². The molecule has 0 fully saturated rings. The first-order valence-electron chi connectivity index (χ1n) is 8.06. The van der Waals surface area contributed by atoms with Crippen molar-refractivity contribution in [3.8, 4) is 11.5 Å². The molecule has 0 aliphatic carbocycles. The molecule has 1 atom stereocenters. The molecule has 0 saturated heterocycles. The fourth-order valence-electron chi connectivity index (χ4n) is 2.31. The van der Waals surface area contributed by atoms with Crippen molar-refractivity contribution in [1.82, 2.24) is 5.32 Å². The van der Waals surface area contributed by atoms with Crippen molar-refractivity contribution in [2.75, 3.05) is 13.2 Å². The van der Waals surface area contributed by atoms with E-state index in [1.807, 2.05) is 39.0 Å². The fraction of sp³-hybridized carbons (Fsp3) is 0.389. The quantitative estimate of drug-likeness (QED) is 0.776. The predicted octanol–water partition coefficient (Wildman–Crippen LogP) is 3.03. The zero-order valence-corrected chi connectivity index (χ0v) is 14.3. The topological polar surface area (TPSA) is 86.7 Å². The third-order valence-corrected chi connectivity index (χ3v) is 3.53. The van der Waals surface area contributed by atoms with Crippen LogP contribution in [0.1, 0.15) is 48.5 Å². The monoisotopic (exact) mass is 332 g/mol. The van der Waals surface area contributed by atoms with Gasteiger partial charge in [-0.1, -0.05) is 6.07 Å². The number of hydrogen-bond acceptors (Lipinski definition) is 5. The van der Waals surface area contributed by atoms with E-state index in [4.69, 9.17) is 19.6 Å². The second kappa shape index (κ2) is 8.40. The largest absolute Gasteiger partial charge is 0.490 e. The summed E-state index contributed by atoms with van der Waals surface area (Å²) in [6.45, 7) is 7.12. The van der Waals surface area contributed by atoms with Gasteiger partial charge in [0.15, 0.2) is 11.5 Å². The predicted molar refractivity (Wildman–Crippen MR) is 91.3 cm³/mol. The Balaban J connectivity index is 2.12. The molecule has 6 nitrogen and oxygen atoms in total. The summed E-state index contributed by atoms with van der Waals surface area (Å²) in [6, 6.07) is 7.12. The molecule has 0 aliphatic heterocycles. The molecule has 2 aromatic rings. The molecule has 1 unspecified atom stereocenters. The van der Waals surface area contributed by atoms with Gasteiger partial charge in [0.05, 0.1) is 31.4 Å². The maximum absolute atomic E-state index is 12.3. The van der Waals surface area contributed by atoms with Gasteiger partial charge in [-0.15, -0.1) is 0 Å². The molecule has 130 valence electrons. The third kappa shape index (κ3) is 4.29. The average molecular weight is 332 g/mol. The summed E-state index contributed by atoms with van der Waals surface area (Å²) in [5.74, 6) is 1.74. The minimum atomic E-state index is -0.210. The SMILES string of the molecule is CCOc1ccc(C(C)NC(=O)c2coc(CN)c2)cc1OCC. The number of furan rings is 1. The lowest BCUT2D eigenvalue weighted by molar-refractivity contribution is 0.0939. The molecule has 1 aromatic heterocycles. The minimum absolute atomic E-state index is 0.191. The highest BCUT2D eigenvalue weighted by Gasteiger charge is 2.16. The van der Waals surface area contributed by atoms with Gasteiger partial charge in [0, 0.05) is 0 Å². The smallest absolute Gasteiger partial charge is 0.255 e. The van der Waals surface area contributed by atoms with E-state index >= 15 is 0 Å². The van der Waals surface area contributed by atoms with Gasteiger partial charge in [0.2, 0.25) is 0 Å². The minimum Gasteiger partial charge on any atom is -0.490 e. The normalized spacial score (nSPS) is 11.8. The van der Waals surface area contributed by atoms with Crippen molar-refractivity contribution < 1.29 is 18.7 Å². The maximum Gasteiger partial charge on any atom is 0.255 e. The molecule has 3 N–H and O–H groups in total. The van der Waals surface area contributed by atoms with Crippen LogP contribution in [-0.2, 0) is 6.54 Å². The first kappa shape index (κ1) is 17.9. The fourth-order valence-corrected chi connectivity index (χ4v) is 2.31. The van der Waals surface area contributed by atoms with E-state index in [2.05, 4.69) is 5.32 Å². The van der Waals surface area contributed by atoms with Crippen LogP contribution >= 0.6 is 0 Å². The van der Waals surface area contributed by atoms with Gasteiger partial charge in [0.1, 0.15) is 12.0 Å². The van der Waals surface area contributed by atoms with Crippen molar-refractivity contribution in [3.05, 3.63) is 47.4 Å². The van der Waals surface area contributed by atoms with E-state index in [1.165, 1.54) is 6.26 Å². The molecule has 0 saturated carbocycles. The summed E-state index contributed by atoms with van der Waals surface area (Å²) in [6.07, 6.45) is 1.41. The summed E-state index contributed by atoms with van der Waals surface area (Å²) in [4.78, 5) is 12.3. The van der Waals surface area contributed by atoms with Crippen LogP contribution in [0.5, 0.6) is 11.5 Å². The number of ether oxygens (including phenoxy) is 2. The molecular formula is C18H24N2O4. The first-order chi connectivity index (χ1) is 11.6. The highest BCUT2D eigenvalue weighted by molar-refractivity contribution is 5.94. The van der Waals surface area contributed by atoms with Gasteiger partial charge < -0.3 is 24.9 Å². The van der Waals surface area contributed by atoms with Crippen molar-refractivity contribution in [3.63, 3.8) is 0 Å². The number of nitrogens with two attached hydrogens (primary N) is 1. The molecule has 1 heterocycles. The van der Waals surface area contributed by atoms with Gasteiger partial charge in [0.25, 0.3) is 5.91 Å². The number of rotatable bonds is 8. The molecule has 2 rings (SSSR count). The van der Waals surface area contributed by atoms with E-state index in [1.54, 1.807) is 6.07 Å². The van der Waals surface area contributed by atoms with Crippen LogP contribution in [0.2, 0.25) is 0 Å². The number of carbonyl (C=O) groups is 1. The van der Waals surface area contributed by atoms with Crippen LogP contribution in [0, 0.1) is 0 Å². The molecule has 0 aliphatic rings. The molecule has 1 aromatic carbocycles. The summed E-state index contributed by atoms with van der Waals surface area (Å²) in [7, 11) is 0. The van der Waals surface area contributed by atoms with E-state index < -0.39 is 0 Å². The highest BCUT2D eigenvalue weighted by Crippen LogP contribution is 2.30. The second-order valence-electron chi connectivity index (χ2n) is 5.27. The number of carbonyl (C=O) groups excluding carboxylic acids is 1. The van der Waals surface area contributed by atoms with Crippen molar-refractivity contribution in [2.45, 2.75) is 33.4 Å². The van der Waals surface area contributed by atoms with Gasteiger partial charge in [-0.25, -0.2) is 0 Å². The molecule has 1 amide bonds. The number of nitrogens with one attached hydrogen (secondary N) is 1. The van der Waals surface area contributed by atoms with Crippen LogP contribution in [0.3, 0.4) is 0 Å². The second-order valence-corrected chi connectivity index (χ2v) is 5.27. The number of amides is 1. The average Bonchev–Trinajstić information content (AvgIpc) is 3.06. The van der Waals surface area contributed by atoms with Crippen LogP contribution < -0.4 is 20.5 Å². The van der Waals surface area contributed by atoms with E-state index in [0.717, 1.165) is 5.56 Å². The highest BCUT2D eigenvalue weighted by atomic mass is 16.5. The Morgan fingerprint density at radius 1 is 1.21 bits per heavy atom. The van der Waals surface area contributed by atoms with Gasteiger partial charge in [-0.05, 0) is 44.5 Å². The molecule has 24 heavy (non-hydrogen) atoms. The molecule has 0 radical (unpaired) electrons. The molecule has 0 spiro atoms. The first-order valence-corrected chi connectivity index (χ1v) is 8.06. The summed E-state index contributed by atoms with van der Waals surface area (Å²) < 4.78 is 16.4. The third-order valence-electron chi connectivity index (χ3n) is 3.53. The zero-order valence-electron chi connectivity index (χ0n) is 14.3. The van der Waals surface area contributed by atoms with Crippen molar-refractivity contribution in [1.29, 1.82) is 0 Å². The molecule has 6 heteroatoms. The maximum atomic E-state index is 12.3. The van der Waals surface area contributed by atoms with Crippen LogP contribution in [-0.4, -0.2) is 19.1 Å². The Morgan fingerprint density at radius 2 is 1.92 bits per heavy atom. The van der Waals surface area contributed by atoms with E-state index in [-0.39, 0.29) is 18.5 Å². The Hall–Kier alpha value is -2.47. The number of benzene rings is 1. The van der Waals surface area contributed by atoms with Crippen LogP contribution in [0.4, 0.5) is 0 Å². The molecular weight excluding hydrogens is 308 g/mol. The lowest BCUT2D eigenvalue weighted by Gasteiger charge is -2.17.